The van der Waals surface area contributed by atoms with Crippen LogP contribution < -0.4 is 14.2 Å². The van der Waals surface area contributed by atoms with Crippen LogP contribution >= 0.6 is 11.3 Å². The first-order valence-electron chi connectivity index (χ1n) is 7.56. The monoisotopic (exact) mass is 352 g/mol. The predicted octanol–water partition coefficient (Wildman–Crippen LogP) is 3.42. The van der Waals surface area contributed by atoms with Crippen LogP contribution in [0.5, 0.6) is 17.2 Å². The molecule has 2 aromatic rings. The van der Waals surface area contributed by atoms with Crippen molar-refractivity contribution >= 4 is 27.4 Å². The Hall–Kier alpha value is -1.99. The molecule has 7 heteroatoms. The lowest BCUT2D eigenvalue weighted by Crippen LogP contribution is -2.50. The smallest absolute Gasteiger partial charge is 0.349 e. The Balaban J connectivity index is 2.09. The van der Waals surface area contributed by atoms with Gasteiger partial charge in [0.15, 0.2) is 22.1 Å². The zero-order valence-electron chi connectivity index (χ0n) is 14.0. The number of rotatable bonds is 6. The van der Waals surface area contributed by atoms with E-state index < -0.39 is 5.97 Å². The van der Waals surface area contributed by atoms with Crippen molar-refractivity contribution in [1.82, 2.24) is 0 Å². The summed E-state index contributed by atoms with van der Waals surface area (Å²) < 4.78 is 22.8. The number of thiophene rings is 1. The molecule has 0 amide bonds. The zero-order chi connectivity index (χ0) is 17.5. The van der Waals surface area contributed by atoms with Crippen molar-refractivity contribution in [2.45, 2.75) is 20.0 Å². The molecule has 1 unspecified atom stereocenters. The lowest BCUT2D eigenvalue weighted by molar-refractivity contribution is -0.148. The molecule has 1 saturated heterocycles. The van der Waals surface area contributed by atoms with E-state index in [1.54, 1.807) is 26.4 Å². The molecule has 0 aliphatic carbocycles. The second-order valence-corrected chi connectivity index (χ2v) is 7.23. The molecule has 0 spiro atoms. The lowest BCUT2D eigenvalue weighted by atomic mass is 9.83. The highest BCUT2D eigenvalue weighted by Crippen LogP contribution is 2.45. The fourth-order valence-corrected chi connectivity index (χ4v) is 3.62. The van der Waals surface area contributed by atoms with Gasteiger partial charge in [-0.15, -0.1) is 11.3 Å². The van der Waals surface area contributed by atoms with E-state index >= 15 is 0 Å². The Morgan fingerprint density at radius 2 is 1.92 bits per heavy atom. The SMILES string of the molecule is COc1cc2sc(C(=O)O)c(OC(C)C3(C)COC3)c2cc1OC. The molecule has 1 atom stereocenters. The van der Waals surface area contributed by atoms with Crippen LogP contribution in [0, 0.1) is 5.41 Å². The van der Waals surface area contributed by atoms with Crippen LogP contribution in [0.1, 0.15) is 23.5 Å². The van der Waals surface area contributed by atoms with Gasteiger partial charge < -0.3 is 24.1 Å². The van der Waals surface area contributed by atoms with Gasteiger partial charge in [-0.3, -0.25) is 0 Å². The highest BCUT2D eigenvalue weighted by molar-refractivity contribution is 7.21. The second kappa shape index (κ2) is 6.14. The maximum absolute atomic E-state index is 11.7. The summed E-state index contributed by atoms with van der Waals surface area (Å²) in [5.74, 6) is 0.466. The normalized spacial score (nSPS) is 17.2. The highest BCUT2D eigenvalue weighted by Gasteiger charge is 2.41. The van der Waals surface area contributed by atoms with Crippen LogP contribution in [-0.4, -0.2) is 44.6 Å². The quantitative estimate of drug-likeness (QED) is 0.859. The maximum Gasteiger partial charge on any atom is 0.349 e. The lowest BCUT2D eigenvalue weighted by Gasteiger charge is -2.42. The minimum absolute atomic E-state index is 0.111. The zero-order valence-corrected chi connectivity index (χ0v) is 14.9. The maximum atomic E-state index is 11.7. The van der Waals surface area contributed by atoms with E-state index in [0.717, 1.165) is 4.70 Å². The van der Waals surface area contributed by atoms with Gasteiger partial charge in [0.05, 0.1) is 32.8 Å². The Labute approximate surface area is 143 Å². The first-order chi connectivity index (χ1) is 11.4. The summed E-state index contributed by atoms with van der Waals surface area (Å²) in [5, 5.41) is 10.3. The Kier molecular flexibility index (Phi) is 4.31. The van der Waals surface area contributed by atoms with Crippen molar-refractivity contribution in [2.75, 3.05) is 27.4 Å². The molecule has 2 heterocycles. The predicted molar refractivity (Wildman–Crippen MR) is 90.9 cm³/mol. The molecule has 24 heavy (non-hydrogen) atoms. The number of ether oxygens (including phenoxy) is 4. The molecule has 1 fully saturated rings. The van der Waals surface area contributed by atoms with Gasteiger partial charge >= 0.3 is 5.97 Å². The van der Waals surface area contributed by atoms with Crippen LogP contribution in [0.4, 0.5) is 0 Å². The number of benzene rings is 1. The Morgan fingerprint density at radius 1 is 1.29 bits per heavy atom. The first-order valence-corrected chi connectivity index (χ1v) is 8.37. The molecule has 1 aliphatic heterocycles. The molecule has 1 aromatic heterocycles. The second-order valence-electron chi connectivity index (χ2n) is 6.18. The molecule has 0 saturated carbocycles. The molecule has 6 nitrogen and oxygen atoms in total. The van der Waals surface area contributed by atoms with Crippen molar-refractivity contribution in [2.24, 2.45) is 5.41 Å². The van der Waals surface area contributed by atoms with Crippen LogP contribution in [0.15, 0.2) is 12.1 Å². The molecule has 1 aromatic carbocycles. The first kappa shape index (κ1) is 16.9. The standard InChI is InChI=1S/C17H20O6S/c1-9(17(2)7-22-8-17)23-14-10-5-11(20-3)12(21-4)6-13(10)24-15(14)16(18)19/h5-6,9H,7-8H2,1-4H3,(H,18,19). The summed E-state index contributed by atoms with van der Waals surface area (Å²) in [6, 6.07) is 3.54. The third-order valence-electron chi connectivity index (χ3n) is 4.48. The summed E-state index contributed by atoms with van der Waals surface area (Å²) in [7, 11) is 3.09. The number of aromatic carboxylic acids is 1. The van der Waals surface area contributed by atoms with Gasteiger partial charge in [0.25, 0.3) is 0 Å². The summed E-state index contributed by atoms with van der Waals surface area (Å²) in [6.45, 7) is 5.23. The van der Waals surface area contributed by atoms with Crippen molar-refractivity contribution in [3.05, 3.63) is 17.0 Å². The van der Waals surface area contributed by atoms with Crippen LogP contribution in [0.2, 0.25) is 0 Å². The van der Waals surface area contributed by atoms with Crippen LogP contribution in [0.25, 0.3) is 10.1 Å². The summed E-state index contributed by atoms with van der Waals surface area (Å²) in [4.78, 5) is 11.8. The number of hydrogen-bond acceptors (Lipinski definition) is 6. The van der Waals surface area contributed by atoms with Gasteiger partial charge in [-0.05, 0) is 13.0 Å². The van der Waals surface area contributed by atoms with E-state index in [-0.39, 0.29) is 16.4 Å². The molecular weight excluding hydrogens is 332 g/mol. The van der Waals surface area contributed by atoms with Crippen molar-refractivity contribution in [3.8, 4) is 17.2 Å². The van der Waals surface area contributed by atoms with E-state index in [1.165, 1.54) is 11.3 Å². The van der Waals surface area contributed by atoms with Crippen LogP contribution in [-0.2, 0) is 4.74 Å². The Bertz CT molecular complexity index is 777. The van der Waals surface area contributed by atoms with Crippen molar-refractivity contribution in [1.29, 1.82) is 0 Å². The fraction of sp³-hybridized carbons (Fsp3) is 0.471. The van der Waals surface area contributed by atoms with E-state index in [0.29, 0.717) is 35.8 Å². The topological polar surface area (TPSA) is 74.2 Å². The molecule has 1 N–H and O–H groups in total. The van der Waals surface area contributed by atoms with E-state index in [4.69, 9.17) is 18.9 Å². The third kappa shape index (κ3) is 2.67. The van der Waals surface area contributed by atoms with Gasteiger partial charge in [-0.2, -0.15) is 0 Å². The van der Waals surface area contributed by atoms with Gasteiger partial charge in [-0.1, -0.05) is 6.92 Å². The molecule has 130 valence electrons. The molecule has 1 aliphatic rings. The minimum Gasteiger partial charge on any atom is -0.493 e. The average molecular weight is 352 g/mol. The number of methoxy groups -OCH3 is 2. The van der Waals surface area contributed by atoms with Gasteiger partial charge in [-0.25, -0.2) is 4.79 Å². The number of carbonyl (C=O) groups is 1. The van der Waals surface area contributed by atoms with Crippen molar-refractivity contribution < 1.29 is 28.8 Å². The molecular formula is C17H20O6S. The summed E-state index contributed by atoms with van der Waals surface area (Å²) >= 11 is 1.17. The van der Waals surface area contributed by atoms with Crippen molar-refractivity contribution in [3.63, 3.8) is 0 Å². The van der Waals surface area contributed by atoms with E-state index in [9.17, 15) is 9.90 Å². The minimum atomic E-state index is -1.01. The number of carboxylic acid groups (broad SMARTS) is 1. The molecule has 0 radical (unpaired) electrons. The Morgan fingerprint density at radius 3 is 2.42 bits per heavy atom. The number of carboxylic acids is 1. The van der Waals surface area contributed by atoms with E-state index in [1.807, 2.05) is 6.92 Å². The number of fused-ring (bicyclic) bond motifs is 1. The van der Waals surface area contributed by atoms with E-state index in [2.05, 4.69) is 6.92 Å². The fourth-order valence-electron chi connectivity index (χ4n) is 2.64. The van der Waals surface area contributed by atoms with Crippen LogP contribution in [0.3, 0.4) is 0 Å². The summed E-state index contributed by atoms with van der Waals surface area (Å²) in [6.07, 6.45) is -0.171. The average Bonchev–Trinajstić information content (AvgIpc) is 2.88. The highest BCUT2D eigenvalue weighted by atomic mass is 32.1. The molecule has 3 rings (SSSR count). The largest absolute Gasteiger partial charge is 0.493 e. The molecule has 0 bridgehead atoms. The third-order valence-corrected chi connectivity index (χ3v) is 5.60. The summed E-state index contributed by atoms with van der Waals surface area (Å²) in [5.41, 5.74) is -0.111. The van der Waals surface area contributed by atoms with Gasteiger partial charge in [0, 0.05) is 16.2 Å². The van der Waals surface area contributed by atoms with Gasteiger partial charge in [0.2, 0.25) is 0 Å². The number of hydrogen-bond donors (Lipinski definition) is 1. The van der Waals surface area contributed by atoms with Gasteiger partial charge in [0.1, 0.15) is 6.10 Å².